The summed E-state index contributed by atoms with van der Waals surface area (Å²) in [5, 5.41) is 12.3. The summed E-state index contributed by atoms with van der Waals surface area (Å²) in [5.74, 6) is -1.94. The van der Waals surface area contributed by atoms with E-state index in [-0.39, 0.29) is 5.57 Å². The first-order valence-corrected chi connectivity index (χ1v) is 9.97. The van der Waals surface area contributed by atoms with Gasteiger partial charge < -0.3 is 14.6 Å². The molecule has 3 aromatic rings. The van der Waals surface area contributed by atoms with Crippen LogP contribution < -0.4 is 0 Å². The predicted molar refractivity (Wildman–Crippen MR) is 106 cm³/mol. The monoisotopic (exact) mass is 411 g/mol. The molecule has 0 radical (unpaired) electrons. The molecule has 0 aliphatic carbocycles. The predicted octanol–water partition coefficient (Wildman–Crippen LogP) is 3.75. The minimum absolute atomic E-state index is 0.0340. The van der Waals surface area contributed by atoms with E-state index in [1.165, 1.54) is 40.5 Å². The maximum Gasteiger partial charge on any atom is 0.290 e. The van der Waals surface area contributed by atoms with Crippen LogP contribution in [0.2, 0.25) is 0 Å². The topological polar surface area (TPSA) is 75.4 Å². The van der Waals surface area contributed by atoms with Gasteiger partial charge in [-0.05, 0) is 35.6 Å². The fraction of sp³-hybridized carbons (Fsp3) is 0.190. The second kappa shape index (κ2) is 8.00. The van der Waals surface area contributed by atoms with Crippen molar-refractivity contribution in [2.45, 2.75) is 19.0 Å². The molecule has 0 saturated heterocycles. The third-order valence-electron chi connectivity index (χ3n) is 4.85. The van der Waals surface area contributed by atoms with Crippen molar-refractivity contribution in [1.82, 2.24) is 14.5 Å². The van der Waals surface area contributed by atoms with Crippen molar-refractivity contribution < 1.29 is 19.1 Å². The summed E-state index contributed by atoms with van der Waals surface area (Å²) in [6, 6.07) is 8.27. The highest BCUT2D eigenvalue weighted by Gasteiger charge is 2.43. The molecule has 1 amide bonds. The number of aliphatic hydroxyl groups is 1. The number of amides is 1. The van der Waals surface area contributed by atoms with Crippen LogP contribution in [-0.2, 0) is 11.3 Å². The molecular weight excluding hydrogens is 393 g/mol. The lowest BCUT2D eigenvalue weighted by molar-refractivity contribution is -0.129. The van der Waals surface area contributed by atoms with Crippen LogP contribution in [0.1, 0.15) is 27.7 Å². The Hall–Kier alpha value is -3.26. The highest BCUT2D eigenvalue weighted by atomic mass is 32.1. The Balaban J connectivity index is 1.66. The zero-order valence-electron chi connectivity index (χ0n) is 15.4. The number of halogens is 1. The average molecular weight is 411 g/mol. The van der Waals surface area contributed by atoms with Gasteiger partial charge in [0.1, 0.15) is 5.82 Å². The van der Waals surface area contributed by atoms with Gasteiger partial charge in [0.15, 0.2) is 5.76 Å². The first-order chi connectivity index (χ1) is 14.1. The number of thiophene rings is 1. The molecule has 6 nitrogen and oxygen atoms in total. The smallest absolute Gasteiger partial charge is 0.290 e. The van der Waals surface area contributed by atoms with E-state index in [1.54, 1.807) is 30.0 Å². The van der Waals surface area contributed by atoms with E-state index in [0.717, 1.165) is 0 Å². The van der Waals surface area contributed by atoms with Crippen molar-refractivity contribution in [3.63, 3.8) is 0 Å². The van der Waals surface area contributed by atoms with Gasteiger partial charge in [-0.1, -0.05) is 18.2 Å². The second-order valence-corrected chi connectivity index (χ2v) is 7.62. The molecule has 1 aromatic carbocycles. The number of carbonyl (C=O) groups is 2. The molecule has 1 unspecified atom stereocenters. The quantitative estimate of drug-likeness (QED) is 0.601. The molecule has 2 aromatic heterocycles. The first-order valence-electron chi connectivity index (χ1n) is 9.10. The van der Waals surface area contributed by atoms with Crippen LogP contribution in [0.25, 0.3) is 0 Å². The highest BCUT2D eigenvalue weighted by Crippen LogP contribution is 2.39. The van der Waals surface area contributed by atoms with Gasteiger partial charge in [-0.25, -0.2) is 9.37 Å². The standard InChI is InChI=1S/C21H18FN3O3S/c22-15-6-4-14(5-7-15)18-17(19(26)16-3-1-12-29-16)20(27)21(28)25(18)10-2-9-24-11-8-23-13-24/h1,3-8,11-13,18,27H,2,9-10H2. The Morgan fingerprint density at radius 1 is 1.21 bits per heavy atom. The fourth-order valence-corrected chi connectivity index (χ4v) is 4.17. The van der Waals surface area contributed by atoms with Crippen LogP contribution in [0.3, 0.4) is 0 Å². The molecule has 0 bridgehead atoms. The molecule has 1 aliphatic rings. The zero-order valence-corrected chi connectivity index (χ0v) is 16.2. The molecule has 0 spiro atoms. The molecule has 1 N–H and O–H groups in total. The number of benzene rings is 1. The fourth-order valence-electron chi connectivity index (χ4n) is 3.49. The molecule has 8 heteroatoms. The van der Waals surface area contributed by atoms with Crippen molar-refractivity contribution in [3.05, 3.63) is 88.1 Å². The number of ketones is 1. The van der Waals surface area contributed by atoms with E-state index in [2.05, 4.69) is 4.98 Å². The largest absolute Gasteiger partial charge is 0.503 e. The highest BCUT2D eigenvalue weighted by molar-refractivity contribution is 7.12. The maximum absolute atomic E-state index is 13.4. The molecule has 148 valence electrons. The van der Waals surface area contributed by atoms with Crippen molar-refractivity contribution >= 4 is 23.0 Å². The van der Waals surface area contributed by atoms with E-state index in [1.807, 2.05) is 10.8 Å². The van der Waals surface area contributed by atoms with E-state index in [9.17, 15) is 19.1 Å². The summed E-state index contributed by atoms with van der Waals surface area (Å²) in [6.45, 7) is 0.958. The number of hydrogen-bond acceptors (Lipinski definition) is 5. The number of rotatable bonds is 7. The number of nitrogens with zero attached hydrogens (tertiary/aromatic N) is 3. The Bertz CT molecular complexity index is 1040. The van der Waals surface area contributed by atoms with E-state index in [4.69, 9.17) is 0 Å². The van der Waals surface area contributed by atoms with E-state index >= 15 is 0 Å². The van der Waals surface area contributed by atoms with Crippen LogP contribution in [0.5, 0.6) is 0 Å². The summed E-state index contributed by atoms with van der Waals surface area (Å²) in [5.41, 5.74) is 0.609. The third kappa shape index (κ3) is 3.71. The molecule has 0 fully saturated rings. The molecule has 4 rings (SSSR count). The number of aryl methyl sites for hydroxylation is 1. The molecule has 0 saturated carbocycles. The number of imidazole rings is 1. The Labute approximate surface area is 170 Å². The van der Waals surface area contributed by atoms with Gasteiger partial charge in [0.25, 0.3) is 5.91 Å². The van der Waals surface area contributed by atoms with Crippen molar-refractivity contribution in [2.75, 3.05) is 6.54 Å². The maximum atomic E-state index is 13.4. The minimum Gasteiger partial charge on any atom is -0.503 e. The lowest BCUT2D eigenvalue weighted by Gasteiger charge is -2.27. The van der Waals surface area contributed by atoms with Gasteiger partial charge in [0.2, 0.25) is 5.78 Å². The van der Waals surface area contributed by atoms with Gasteiger partial charge >= 0.3 is 0 Å². The van der Waals surface area contributed by atoms with Crippen molar-refractivity contribution in [2.24, 2.45) is 0 Å². The first kappa shape index (κ1) is 19.1. The Morgan fingerprint density at radius 2 is 2.00 bits per heavy atom. The van der Waals surface area contributed by atoms with Crippen LogP contribution in [0.15, 0.2) is 71.8 Å². The Kier molecular flexibility index (Phi) is 5.26. The van der Waals surface area contributed by atoms with E-state index < -0.39 is 29.3 Å². The van der Waals surface area contributed by atoms with Gasteiger partial charge in [0.05, 0.1) is 22.8 Å². The molecule has 3 heterocycles. The molecule has 1 aliphatic heterocycles. The minimum atomic E-state index is -0.763. The lowest BCUT2D eigenvalue weighted by atomic mass is 9.95. The molecule has 29 heavy (non-hydrogen) atoms. The number of carbonyl (C=O) groups excluding carboxylic acids is 2. The second-order valence-electron chi connectivity index (χ2n) is 6.68. The van der Waals surface area contributed by atoms with Gasteiger partial charge in [-0.3, -0.25) is 9.59 Å². The van der Waals surface area contributed by atoms with Crippen LogP contribution >= 0.6 is 11.3 Å². The molecular formula is C21H18FN3O3S. The van der Waals surface area contributed by atoms with Crippen molar-refractivity contribution in [1.29, 1.82) is 0 Å². The summed E-state index contributed by atoms with van der Waals surface area (Å²) in [7, 11) is 0. The summed E-state index contributed by atoms with van der Waals surface area (Å²) < 4.78 is 15.3. The van der Waals surface area contributed by atoms with Gasteiger partial charge in [-0.2, -0.15) is 0 Å². The Morgan fingerprint density at radius 3 is 2.66 bits per heavy atom. The lowest BCUT2D eigenvalue weighted by Crippen LogP contribution is -2.32. The number of Topliss-reactive ketones (excluding diaryl/α,β-unsaturated/α-hetero) is 1. The number of aromatic nitrogens is 2. The zero-order chi connectivity index (χ0) is 20.4. The van der Waals surface area contributed by atoms with Crippen LogP contribution in [0, 0.1) is 5.82 Å². The third-order valence-corrected chi connectivity index (χ3v) is 5.72. The van der Waals surface area contributed by atoms with Crippen LogP contribution in [0.4, 0.5) is 4.39 Å². The average Bonchev–Trinajstić information content (AvgIpc) is 3.47. The SMILES string of the molecule is O=C(C1=C(O)C(=O)N(CCCn2ccnc2)C1c1ccc(F)cc1)c1cccs1. The molecule has 1 atom stereocenters. The summed E-state index contributed by atoms with van der Waals surface area (Å²) >= 11 is 1.24. The van der Waals surface area contributed by atoms with Crippen molar-refractivity contribution in [3.8, 4) is 0 Å². The number of aliphatic hydroxyl groups excluding tert-OH is 1. The summed E-state index contributed by atoms with van der Waals surface area (Å²) in [4.78, 5) is 31.8. The normalized spacial score (nSPS) is 16.7. The van der Waals surface area contributed by atoms with Crippen LogP contribution in [-0.4, -0.2) is 37.8 Å². The van der Waals surface area contributed by atoms with Gasteiger partial charge in [-0.15, -0.1) is 11.3 Å². The van der Waals surface area contributed by atoms with Gasteiger partial charge in [0, 0.05) is 25.5 Å². The van der Waals surface area contributed by atoms with E-state index in [0.29, 0.717) is 30.0 Å². The number of hydrogen-bond donors (Lipinski definition) is 1. The summed E-state index contributed by atoms with van der Waals surface area (Å²) in [6.07, 6.45) is 5.79.